The van der Waals surface area contributed by atoms with E-state index in [1.54, 1.807) is 6.07 Å². The lowest BCUT2D eigenvalue weighted by Gasteiger charge is -2.19. The summed E-state index contributed by atoms with van der Waals surface area (Å²) in [5.41, 5.74) is 4.60. The number of ether oxygens (including phenoxy) is 2. The van der Waals surface area contributed by atoms with Crippen LogP contribution in [0.5, 0.6) is 0 Å². The topological polar surface area (TPSA) is 83.9 Å². The number of fused-ring (bicyclic) bond motifs is 1. The number of aromatic nitrogens is 1. The lowest BCUT2D eigenvalue weighted by atomic mass is 10.1. The van der Waals surface area contributed by atoms with Gasteiger partial charge in [0.25, 0.3) is 6.47 Å². The molecule has 4 rings (SSSR count). The molecule has 7 nitrogen and oxygen atoms in total. The predicted octanol–water partition coefficient (Wildman–Crippen LogP) is 4.82. The molecule has 1 atom stereocenters. The minimum atomic E-state index is -0.250. The van der Waals surface area contributed by atoms with Crippen molar-refractivity contribution in [1.29, 1.82) is 0 Å². The van der Waals surface area contributed by atoms with Crippen LogP contribution in [0.2, 0.25) is 0 Å². The SMILES string of the molecule is CC(C)OCc1ccc(F)cc1CN1CCC(OCCCCc2ccc3c(n2)NCCC3)C1.O=CO. The number of pyridine rings is 1. The molecule has 1 aromatic carbocycles. The molecule has 0 spiro atoms. The summed E-state index contributed by atoms with van der Waals surface area (Å²) in [5, 5.41) is 10.3. The van der Waals surface area contributed by atoms with Gasteiger partial charge in [-0.25, -0.2) is 9.37 Å². The first kappa shape index (κ1) is 28.0. The van der Waals surface area contributed by atoms with Crippen LogP contribution < -0.4 is 5.32 Å². The summed E-state index contributed by atoms with van der Waals surface area (Å²) in [4.78, 5) is 15.5. The molecule has 0 radical (unpaired) electrons. The monoisotopic (exact) mass is 501 g/mol. The van der Waals surface area contributed by atoms with Gasteiger partial charge in [-0.1, -0.05) is 12.1 Å². The summed E-state index contributed by atoms with van der Waals surface area (Å²) in [6.45, 7) is 8.76. The summed E-state index contributed by atoms with van der Waals surface area (Å²) in [7, 11) is 0. The second kappa shape index (κ2) is 14.9. The quantitative estimate of drug-likeness (QED) is 0.337. The molecule has 0 saturated carbocycles. The number of likely N-dealkylation sites (tertiary alicyclic amines) is 1. The number of nitrogens with one attached hydrogen (secondary N) is 1. The maximum Gasteiger partial charge on any atom is 0.290 e. The smallest absolute Gasteiger partial charge is 0.290 e. The van der Waals surface area contributed by atoms with Crippen molar-refractivity contribution in [2.24, 2.45) is 0 Å². The van der Waals surface area contributed by atoms with Crippen LogP contribution in [0.4, 0.5) is 10.2 Å². The summed E-state index contributed by atoms with van der Waals surface area (Å²) >= 11 is 0. The number of anilines is 1. The molecule has 2 aliphatic rings. The van der Waals surface area contributed by atoms with E-state index in [1.165, 1.54) is 23.7 Å². The lowest BCUT2D eigenvalue weighted by molar-refractivity contribution is -0.122. The van der Waals surface area contributed by atoms with Crippen LogP contribution in [-0.4, -0.2) is 59.9 Å². The Morgan fingerprint density at radius 2 is 2.08 bits per heavy atom. The average Bonchev–Trinajstić information content (AvgIpc) is 3.31. The van der Waals surface area contributed by atoms with Gasteiger partial charge >= 0.3 is 0 Å². The molecule has 3 heterocycles. The van der Waals surface area contributed by atoms with Crippen LogP contribution in [0, 0.1) is 5.82 Å². The third-order valence-electron chi connectivity index (χ3n) is 6.50. The number of hydrogen-bond donors (Lipinski definition) is 2. The van der Waals surface area contributed by atoms with E-state index in [1.807, 2.05) is 19.9 Å². The Kier molecular flexibility index (Phi) is 11.6. The molecule has 8 heteroatoms. The Hall–Kier alpha value is -2.55. The van der Waals surface area contributed by atoms with E-state index in [4.69, 9.17) is 24.4 Å². The second-order valence-corrected chi connectivity index (χ2v) is 9.69. The number of halogens is 1. The predicted molar refractivity (Wildman–Crippen MR) is 139 cm³/mol. The van der Waals surface area contributed by atoms with E-state index in [2.05, 4.69) is 22.3 Å². The van der Waals surface area contributed by atoms with E-state index < -0.39 is 0 Å². The minimum absolute atomic E-state index is 0.159. The molecule has 2 aromatic rings. The van der Waals surface area contributed by atoms with Crippen LogP contribution in [0.1, 0.15) is 61.9 Å². The Morgan fingerprint density at radius 3 is 2.89 bits per heavy atom. The van der Waals surface area contributed by atoms with Crippen molar-refractivity contribution in [2.75, 3.05) is 31.6 Å². The number of carboxylic acid groups (broad SMARTS) is 1. The van der Waals surface area contributed by atoms with Crippen molar-refractivity contribution in [3.05, 3.63) is 58.5 Å². The van der Waals surface area contributed by atoms with E-state index in [-0.39, 0.29) is 24.5 Å². The van der Waals surface area contributed by atoms with Gasteiger partial charge in [-0.3, -0.25) is 9.69 Å². The highest BCUT2D eigenvalue weighted by atomic mass is 19.1. The van der Waals surface area contributed by atoms with Crippen LogP contribution in [0.3, 0.4) is 0 Å². The summed E-state index contributed by atoms with van der Waals surface area (Å²) < 4.78 is 25.8. The summed E-state index contributed by atoms with van der Waals surface area (Å²) in [5.74, 6) is 0.896. The molecule has 2 aliphatic heterocycles. The Labute approximate surface area is 214 Å². The van der Waals surface area contributed by atoms with Gasteiger partial charge in [0.2, 0.25) is 0 Å². The van der Waals surface area contributed by atoms with E-state index >= 15 is 0 Å². The number of rotatable bonds is 11. The van der Waals surface area contributed by atoms with E-state index in [0.29, 0.717) is 6.61 Å². The molecule has 0 amide bonds. The van der Waals surface area contributed by atoms with Gasteiger partial charge < -0.3 is 19.9 Å². The Balaban J connectivity index is 0.00000115. The van der Waals surface area contributed by atoms with Gasteiger partial charge in [-0.2, -0.15) is 0 Å². The fraction of sp³-hybridized carbons (Fsp3) is 0.571. The second-order valence-electron chi connectivity index (χ2n) is 9.69. The molecule has 2 N–H and O–H groups in total. The lowest BCUT2D eigenvalue weighted by Crippen LogP contribution is -2.24. The highest BCUT2D eigenvalue weighted by Crippen LogP contribution is 2.22. The first-order valence-corrected chi connectivity index (χ1v) is 13.0. The van der Waals surface area contributed by atoms with Gasteiger partial charge in [-0.05, 0) is 87.3 Å². The van der Waals surface area contributed by atoms with Gasteiger partial charge in [0, 0.05) is 38.5 Å². The molecule has 198 valence electrons. The van der Waals surface area contributed by atoms with Crippen LogP contribution in [0.15, 0.2) is 30.3 Å². The number of carbonyl (C=O) groups is 1. The van der Waals surface area contributed by atoms with Crippen LogP contribution in [-0.2, 0) is 40.3 Å². The molecule has 1 unspecified atom stereocenters. The number of hydrogen-bond acceptors (Lipinski definition) is 6. The molecule has 36 heavy (non-hydrogen) atoms. The van der Waals surface area contributed by atoms with Crippen molar-refractivity contribution in [3.63, 3.8) is 0 Å². The van der Waals surface area contributed by atoms with Crippen molar-refractivity contribution in [2.45, 2.75) is 77.7 Å². The molecule has 1 aromatic heterocycles. The van der Waals surface area contributed by atoms with Crippen molar-refractivity contribution < 1.29 is 23.8 Å². The van der Waals surface area contributed by atoms with Crippen LogP contribution >= 0.6 is 0 Å². The van der Waals surface area contributed by atoms with Crippen LogP contribution in [0.25, 0.3) is 0 Å². The van der Waals surface area contributed by atoms with Gasteiger partial charge in [-0.15, -0.1) is 0 Å². The fourth-order valence-electron chi connectivity index (χ4n) is 4.62. The highest BCUT2D eigenvalue weighted by Gasteiger charge is 2.23. The number of unbranched alkanes of at least 4 members (excludes halogenated alkanes) is 1. The van der Waals surface area contributed by atoms with E-state index in [9.17, 15) is 4.39 Å². The normalized spacial score (nSPS) is 17.3. The third-order valence-corrected chi connectivity index (χ3v) is 6.50. The molecule has 0 aliphatic carbocycles. The molecular formula is C28H40FN3O4. The van der Waals surface area contributed by atoms with Crippen molar-refractivity contribution in [3.8, 4) is 0 Å². The Morgan fingerprint density at radius 1 is 1.25 bits per heavy atom. The zero-order valence-corrected chi connectivity index (χ0v) is 21.5. The molecule has 1 saturated heterocycles. The molecular weight excluding hydrogens is 461 g/mol. The number of benzene rings is 1. The first-order valence-electron chi connectivity index (χ1n) is 13.0. The highest BCUT2D eigenvalue weighted by molar-refractivity contribution is 5.47. The first-order chi connectivity index (χ1) is 17.5. The summed E-state index contributed by atoms with van der Waals surface area (Å²) in [6, 6.07) is 9.43. The zero-order valence-electron chi connectivity index (χ0n) is 21.5. The summed E-state index contributed by atoms with van der Waals surface area (Å²) in [6.07, 6.45) is 6.91. The fourth-order valence-corrected chi connectivity index (χ4v) is 4.62. The zero-order chi connectivity index (χ0) is 25.8. The standard InChI is InChI=1S/C27H38FN3O2.CH2O2/c1-20(2)33-19-22-8-10-24(28)16-23(22)17-31-14-12-26(18-31)32-15-4-3-7-25-11-9-21-6-5-13-29-27(21)30-25;2-1-3/h8-11,16,20,26H,3-7,12-15,17-19H2,1-2H3,(H,29,30);1H,(H,2,3). The van der Waals surface area contributed by atoms with Gasteiger partial charge in [0.1, 0.15) is 11.6 Å². The van der Waals surface area contributed by atoms with Crippen molar-refractivity contribution in [1.82, 2.24) is 9.88 Å². The van der Waals surface area contributed by atoms with Crippen molar-refractivity contribution >= 4 is 12.3 Å². The third kappa shape index (κ3) is 9.15. The molecule has 0 bridgehead atoms. The van der Waals surface area contributed by atoms with Gasteiger partial charge in [0.15, 0.2) is 0 Å². The maximum absolute atomic E-state index is 13.8. The Bertz CT molecular complexity index is 956. The average molecular weight is 502 g/mol. The minimum Gasteiger partial charge on any atom is -0.483 e. The number of aryl methyl sites for hydroxylation is 2. The number of nitrogens with zero attached hydrogens (tertiary/aromatic N) is 2. The molecule has 1 fully saturated rings. The van der Waals surface area contributed by atoms with E-state index in [0.717, 1.165) is 81.8 Å². The van der Waals surface area contributed by atoms with Gasteiger partial charge in [0.05, 0.1) is 18.8 Å². The maximum atomic E-state index is 13.8. The largest absolute Gasteiger partial charge is 0.483 e.